The lowest BCUT2D eigenvalue weighted by atomic mass is 10.2. The summed E-state index contributed by atoms with van der Waals surface area (Å²) in [6, 6.07) is 7.23. The van der Waals surface area contributed by atoms with E-state index in [0.29, 0.717) is 12.1 Å². The van der Waals surface area contributed by atoms with Crippen LogP contribution in [0.2, 0.25) is 0 Å². The Bertz CT molecular complexity index is 485. The zero-order valence-electron chi connectivity index (χ0n) is 9.58. The molecule has 0 unspecified atom stereocenters. The topological polar surface area (TPSA) is 46.1 Å². The fourth-order valence-corrected chi connectivity index (χ4v) is 1.55. The molecular formula is C13H13N3O. The van der Waals surface area contributed by atoms with Crippen LogP contribution in [0.4, 0.5) is 0 Å². The number of hydrogen-bond acceptors (Lipinski definition) is 3. The maximum Gasteiger partial charge on any atom is 0.254 e. The van der Waals surface area contributed by atoms with Crippen LogP contribution in [0.3, 0.4) is 0 Å². The molecule has 4 nitrogen and oxygen atoms in total. The van der Waals surface area contributed by atoms with Crippen LogP contribution in [-0.2, 0) is 6.54 Å². The van der Waals surface area contributed by atoms with E-state index in [9.17, 15) is 4.79 Å². The number of aromatic nitrogens is 2. The van der Waals surface area contributed by atoms with E-state index < -0.39 is 0 Å². The number of pyridine rings is 2. The first-order valence-corrected chi connectivity index (χ1v) is 5.32. The Morgan fingerprint density at radius 3 is 2.59 bits per heavy atom. The van der Waals surface area contributed by atoms with E-state index in [-0.39, 0.29) is 5.91 Å². The van der Waals surface area contributed by atoms with Crippen LogP contribution in [0.5, 0.6) is 0 Å². The SMILES string of the molecule is CN(Cc1cccnc1)C(=O)c1ccncc1. The fraction of sp³-hybridized carbons (Fsp3) is 0.154. The minimum Gasteiger partial charge on any atom is -0.337 e. The highest BCUT2D eigenvalue weighted by Crippen LogP contribution is 2.06. The number of amides is 1. The summed E-state index contributed by atoms with van der Waals surface area (Å²) in [5, 5.41) is 0. The number of rotatable bonds is 3. The minimum absolute atomic E-state index is 0.0174. The molecule has 17 heavy (non-hydrogen) atoms. The van der Waals surface area contributed by atoms with E-state index in [0.717, 1.165) is 5.56 Å². The Morgan fingerprint density at radius 1 is 1.18 bits per heavy atom. The molecule has 0 aliphatic rings. The van der Waals surface area contributed by atoms with E-state index in [1.165, 1.54) is 0 Å². The van der Waals surface area contributed by atoms with Gasteiger partial charge in [0.25, 0.3) is 5.91 Å². The van der Waals surface area contributed by atoms with Gasteiger partial charge >= 0.3 is 0 Å². The number of hydrogen-bond donors (Lipinski definition) is 0. The lowest BCUT2D eigenvalue weighted by molar-refractivity contribution is 0.0785. The van der Waals surface area contributed by atoms with Gasteiger partial charge in [-0.05, 0) is 23.8 Å². The van der Waals surface area contributed by atoms with Gasteiger partial charge in [-0.25, -0.2) is 0 Å². The minimum atomic E-state index is -0.0174. The standard InChI is InChI=1S/C13H13N3O/c1-16(10-11-3-2-6-15-9-11)13(17)12-4-7-14-8-5-12/h2-9H,10H2,1H3. The first kappa shape index (κ1) is 11.3. The van der Waals surface area contributed by atoms with Gasteiger partial charge in [0.1, 0.15) is 0 Å². The van der Waals surface area contributed by atoms with E-state index in [1.54, 1.807) is 48.9 Å². The summed E-state index contributed by atoms with van der Waals surface area (Å²) in [6.45, 7) is 0.551. The van der Waals surface area contributed by atoms with Crippen LogP contribution in [0.1, 0.15) is 15.9 Å². The smallest absolute Gasteiger partial charge is 0.254 e. The monoisotopic (exact) mass is 227 g/mol. The lowest BCUT2D eigenvalue weighted by Crippen LogP contribution is -2.26. The summed E-state index contributed by atoms with van der Waals surface area (Å²) >= 11 is 0. The van der Waals surface area contributed by atoms with Crippen LogP contribution in [0, 0.1) is 0 Å². The Hall–Kier alpha value is -2.23. The molecule has 0 aliphatic carbocycles. The van der Waals surface area contributed by atoms with Gasteiger partial charge in [-0.3, -0.25) is 14.8 Å². The van der Waals surface area contributed by atoms with Crippen LogP contribution in [0.15, 0.2) is 49.1 Å². The fourth-order valence-electron chi connectivity index (χ4n) is 1.55. The lowest BCUT2D eigenvalue weighted by Gasteiger charge is -2.16. The molecule has 0 bridgehead atoms. The van der Waals surface area contributed by atoms with Crippen molar-refractivity contribution in [3.8, 4) is 0 Å². The van der Waals surface area contributed by atoms with Gasteiger partial charge in [0.2, 0.25) is 0 Å². The Morgan fingerprint density at radius 2 is 1.94 bits per heavy atom. The normalized spacial score (nSPS) is 9.94. The largest absolute Gasteiger partial charge is 0.337 e. The van der Waals surface area contributed by atoms with Crippen molar-refractivity contribution < 1.29 is 4.79 Å². The van der Waals surface area contributed by atoms with Crippen LogP contribution in [0.25, 0.3) is 0 Å². The molecule has 0 fully saturated rings. The van der Waals surface area contributed by atoms with Gasteiger partial charge < -0.3 is 4.90 Å². The summed E-state index contributed by atoms with van der Waals surface area (Å²) in [7, 11) is 1.77. The maximum absolute atomic E-state index is 12.0. The van der Waals surface area contributed by atoms with Gasteiger partial charge in [-0.1, -0.05) is 6.07 Å². The van der Waals surface area contributed by atoms with Crippen molar-refractivity contribution in [1.29, 1.82) is 0 Å². The molecule has 86 valence electrons. The highest BCUT2D eigenvalue weighted by molar-refractivity contribution is 5.93. The van der Waals surface area contributed by atoms with Gasteiger partial charge in [0, 0.05) is 43.9 Å². The summed E-state index contributed by atoms with van der Waals surface area (Å²) in [4.78, 5) is 21.6. The van der Waals surface area contributed by atoms with Crippen molar-refractivity contribution in [3.63, 3.8) is 0 Å². The van der Waals surface area contributed by atoms with E-state index in [4.69, 9.17) is 0 Å². The third-order valence-corrected chi connectivity index (χ3v) is 2.42. The predicted molar refractivity (Wildman–Crippen MR) is 64.3 cm³/mol. The molecule has 0 aliphatic heterocycles. The van der Waals surface area contributed by atoms with Crippen LogP contribution < -0.4 is 0 Å². The zero-order valence-corrected chi connectivity index (χ0v) is 9.58. The first-order chi connectivity index (χ1) is 8.27. The van der Waals surface area contributed by atoms with Crippen molar-refractivity contribution >= 4 is 5.91 Å². The molecule has 0 aromatic carbocycles. The molecule has 0 N–H and O–H groups in total. The molecule has 0 spiro atoms. The van der Waals surface area contributed by atoms with Crippen molar-refractivity contribution in [2.24, 2.45) is 0 Å². The summed E-state index contributed by atoms with van der Waals surface area (Å²) in [5.41, 5.74) is 1.66. The Balaban J connectivity index is 2.06. The molecule has 2 rings (SSSR count). The average molecular weight is 227 g/mol. The van der Waals surface area contributed by atoms with Crippen molar-refractivity contribution in [1.82, 2.24) is 14.9 Å². The molecule has 2 heterocycles. The third-order valence-electron chi connectivity index (χ3n) is 2.42. The first-order valence-electron chi connectivity index (χ1n) is 5.32. The van der Waals surface area contributed by atoms with E-state index in [2.05, 4.69) is 9.97 Å². The van der Waals surface area contributed by atoms with Crippen molar-refractivity contribution in [2.75, 3.05) is 7.05 Å². The maximum atomic E-state index is 12.0. The summed E-state index contributed by atoms with van der Waals surface area (Å²) in [6.07, 6.45) is 6.71. The Kier molecular flexibility index (Phi) is 3.45. The third kappa shape index (κ3) is 2.87. The molecule has 0 atom stereocenters. The quantitative estimate of drug-likeness (QED) is 0.802. The second kappa shape index (κ2) is 5.21. The van der Waals surface area contributed by atoms with Gasteiger partial charge in [0.05, 0.1) is 0 Å². The van der Waals surface area contributed by atoms with E-state index >= 15 is 0 Å². The van der Waals surface area contributed by atoms with Crippen molar-refractivity contribution in [2.45, 2.75) is 6.54 Å². The molecule has 4 heteroatoms. The summed E-state index contributed by atoms with van der Waals surface area (Å²) in [5.74, 6) is -0.0174. The zero-order chi connectivity index (χ0) is 12.1. The molecular weight excluding hydrogens is 214 g/mol. The molecule has 0 saturated carbocycles. The molecule has 2 aromatic rings. The molecule has 0 radical (unpaired) electrons. The van der Waals surface area contributed by atoms with Gasteiger partial charge in [0.15, 0.2) is 0 Å². The molecule has 1 amide bonds. The number of carbonyl (C=O) groups excluding carboxylic acids is 1. The van der Waals surface area contributed by atoms with Gasteiger partial charge in [-0.2, -0.15) is 0 Å². The Labute approximate surface area is 99.9 Å². The predicted octanol–water partition coefficient (Wildman–Crippen LogP) is 1.75. The van der Waals surface area contributed by atoms with E-state index in [1.807, 2.05) is 12.1 Å². The highest BCUT2D eigenvalue weighted by atomic mass is 16.2. The average Bonchev–Trinajstić information content (AvgIpc) is 2.40. The summed E-state index contributed by atoms with van der Waals surface area (Å²) < 4.78 is 0. The van der Waals surface area contributed by atoms with Crippen LogP contribution >= 0.6 is 0 Å². The van der Waals surface area contributed by atoms with Crippen molar-refractivity contribution in [3.05, 3.63) is 60.2 Å². The van der Waals surface area contributed by atoms with Crippen LogP contribution in [-0.4, -0.2) is 27.8 Å². The number of carbonyl (C=O) groups is 1. The molecule has 0 saturated heterocycles. The second-order valence-corrected chi connectivity index (χ2v) is 3.76. The van der Waals surface area contributed by atoms with Gasteiger partial charge in [-0.15, -0.1) is 0 Å². The number of nitrogens with zero attached hydrogens (tertiary/aromatic N) is 3. The second-order valence-electron chi connectivity index (χ2n) is 3.76. The molecule has 2 aromatic heterocycles. The highest BCUT2D eigenvalue weighted by Gasteiger charge is 2.11.